The molecule has 0 amide bonds. The number of fused-ring (bicyclic) bond motifs is 1. The number of rotatable bonds is 6. The van der Waals surface area contributed by atoms with Crippen LogP contribution in [0.15, 0.2) is 42.5 Å². The summed E-state index contributed by atoms with van der Waals surface area (Å²) in [5, 5.41) is 11.9. The molecule has 2 aliphatic rings. The van der Waals surface area contributed by atoms with Gasteiger partial charge in [0.15, 0.2) is 0 Å². The van der Waals surface area contributed by atoms with Crippen LogP contribution in [0.5, 0.6) is 11.5 Å². The van der Waals surface area contributed by atoms with Crippen molar-refractivity contribution in [1.82, 2.24) is 9.91 Å². The molecule has 0 aromatic heterocycles. The highest BCUT2D eigenvalue weighted by molar-refractivity contribution is 5.60. The summed E-state index contributed by atoms with van der Waals surface area (Å²) in [4.78, 5) is 2.43. The van der Waals surface area contributed by atoms with E-state index in [9.17, 15) is 5.11 Å². The molecule has 0 bridgehead atoms. The number of phenolic OH excluding ortho intramolecular Hbond substituents is 1. The second-order valence-electron chi connectivity index (χ2n) is 7.62. The molecule has 2 aromatic carbocycles. The summed E-state index contributed by atoms with van der Waals surface area (Å²) in [5.41, 5.74) is 6.63. The average molecular weight is 383 g/mol. The number of methoxy groups -OCH3 is 1. The molecule has 0 radical (unpaired) electrons. The third kappa shape index (κ3) is 4.09. The molecule has 1 fully saturated rings. The summed E-state index contributed by atoms with van der Waals surface area (Å²) in [6.07, 6.45) is 2.37. The van der Waals surface area contributed by atoms with E-state index in [0.717, 1.165) is 56.1 Å². The van der Waals surface area contributed by atoms with E-state index >= 15 is 0 Å². The van der Waals surface area contributed by atoms with Gasteiger partial charge in [-0.25, -0.2) is 5.01 Å². The first-order chi connectivity index (χ1) is 13.6. The molecule has 4 rings (SSSR count). The van der Waals surface area contributed by atoms with Gasteiger partial charge in [-0.05, 0) is 48.7 Å². The number of hydrazine groups is 1. The first-order valence-corrected chi connectivity index (χ1v) is 9.94. The maximum atomic E-state index is 9.86. The number of nitrogens with zero attached hydrogens (tertiary/aromatic N) is 2. The van der Waals surface area contributed by atoms with E-state index in [4.69, 9.17) is 9.47 Å². The Labute approximate surface area is 166 Å². The fourth-order valence-corrected chi connectivity index (χ4v) is 4.14. The van der Waals surface area contributed by atoms with Gasteiger partial charge < -0.3 is 24.9 Å². The predicted molar refractivity (Wildman–Crippen MR) is 110 cm³/mol. The number of hydrogen-bond acceptors (Lipinski definition) is 6. The normalized spacial score (nSPS) is 20.7. The third-order valence-corrected chi connectivity index (χ3v) is 5.66. The van der Waals surface area contributed by atoms with Gasteiger partial charge in [-0.15, -0.1) is 0 Å². The molecule has 28 heavy (non-hydrogen) atoms. The van der Waals surface area contributed by atoms with Crippen LogP contribution in [-0.2, 0) is 4.74 Å². The summed E-state index contributed by atoms with van der Waals surface area (Å²) in [6.45, 7) is 3.91. The lowest BCUT2D eigenvalue weighted by Gasteiger charge is -2.32. The number of nitrogens with one attached hydrogen (secondary N) is 1. The quantitative estimate of drug-likeness (QED) is 0.747. The van der Waals surface area contributed by atoms with Crippen molar-refractivity contribution in [2.45, 2.75) is 25.0 Å². The van der Waals surface area contributed by atoms with Gasteiger partial charge in [-0.3, -0.25) is 0 Å². The fraction of sp³-hybridized carbons (Fsp3) is 0.455. The monoisotopic (exact) mass is 383 g/mol. The van der Waals surface area contributed by atoms with E-state index in [1.165, 1.54) is 5.56 Å². The standard InChI is InChI=1S/C22H29N3O3/c1-24-22(20-15-17(26)5-8-21(20)23-24)16-3-6-18(7-4-16)28-19-9-11-25(12-10-19)13-14-27-2/h3-8,15,19,22-23,26H,9-14H2,1-2H3. The zero-order valence-electron chi connectivity index (χ0n) is 16.6. The molecule has 2 aliphatic heterocycles. The summed E-state index contributed by atoms with van der Waals surface area (Å²) >= 11 is 0. The Kier molecular flexibility index (Phi) is 5.71. The zero-order valence-corrected chi connectivity index (χ0v) is 16.6. The number of anilines is 1. The van der Waals surface area contributed by atoms with Crippen molar-refractivity contribution >= 4 is 5.69 Å². The van der Waals surface area contributed by atoms with E-state index < -0.39 is 0 Å². The Bertz CT molecular complexity index is 788. The first kappa shape index (κ1) is 19.1. The lowest BCUT2D eigenvalue weighted by atomic mass is 9.98. The molecule has 6 heteroatoms. The van der Waals surface area contributed by atoms with Crippen LogP contribution < -0.4 is 10.2 Å². The molecule has 6 nitrogen and oxygen atoms in total. The van der Waals surface area contributed by atoms with Crippen LogP contribution in [-0.4, -0.2) is 61.5 Å². The molecule has 2 aromatic rings. The van der Waals surface area contributed by atoms with Gasteiger partial charge in [0, 0.05) is 39.4 Å². The smallest absolute Gasteiger partial charge is 0.119 e. The van der Waals surface area contributed by atoms with Crippen molar-refractivity contribution in [2.24, 2.45) is 0 Å². The molecule has 2 N–H and O–H groups in total. The van der Waals surface area contributed by atoms with Gasteiger partial charge in [-0.2, -0.15) is 0 Å². The van der Waals surface area contributed by atoms with Crippen LogP contribution >= 0.6 is 0 Å². The maximum Gasteiger partial charge on any atom is 0.119 e. The van der Waals surface area contributed by atoms with Gasteiger partial charge in [0.05, 0.1) is 18.3 Å². The summed E-state index contributed by atoms with van der Waals surface area (Å²) in [6, 6.07) is 13.9. The van der Waals surface area contributed by atoms with Crippen LogP contribution in [0, 0.1) is 0 Å². The van der Waals surface area contributed by atoms with Gasteiger partial charge in [0.25, 0.3) is 0 Å². The Morgan fingerprint density at radius 3 is 2.57 bits per heavy atom. The number of benzene rings is 2. The largest absolute Gasteiger partial charge is 0.508 e. The third-order valence-electron chi connectivity index (χ3n) is 5.66. The zero-order chi connectivity index (χ0) is 19.5. The second kappa shape index (κ2) is 8.39. The van der Waals surface area contributed by atoms with Crippen molar-refractivity contribution in [1.29, 1.82) is 0 Å². The minimum atomic E-state index is 0.0696. The van der Waals surface area contributed by atoms with Crippen molar-refractivity contribution in [3.8, 4) is 11.5 Å². The van der Waals surface area contributed by atoms with Gasteiger partial charge in [-0.1, -0.05) is 12.1 Å². The maximum absolute atomic E-state index is 9.86. The highest BCUT2D eigenvalue weighted by Gasteiger charge is 2.29. The average Bonchev–Trinajstić information content (AvgIpc) is 3.03. The predicted octanol–water partition coefficient (Wildman–Crippen LogP) is 3.24. The van der Waals surface area contributed by atoms with Crippen molar-refractivity contribution in [3.63, 3.8) is 0 Å². The SMILES string of the molecule is COCCN1CCC(Oc2ccc(C3c4cc(O)ccc4NN3C)cc2)CC1. The number of ether oxygens (including phenoxy) is 2. The molecule has 1 atom stereocenters. The van der Waals surface area contributed by atoms with Crippen LogP contribution in [0.4, 0.5) is 5.69 Å². The van der Waals surface area contributed by atoms with Crippen LogP contribution in [0.25, 0.3) is 0 Å². The number of phenols is 1. The summed E-state index contributed by atoms with van der Waals surface area (Å²) < 4.78 is 11.4. The molecule has 2 heterocycles. The van der Waals surface area contributed by atoms with Gasteiger partial charge >= 0.3 is 0 Å². The molecule has 150 valence electrons. The minimum Gasteiger partial charge on any atom is -0.508 e. The molecular weight excluding hydrogens is 354 g/mol. The molecule has 0 saturated carbocycles. The van der Waals surface area contributed by atoms with E-state index in [-0.39, 0.29) is 17.9 Å². The lowest BCUT2D eigenvalue weighted by Crippen LogP contribution is -2.39. The Morgan fingerprint density at radius 1 is 1.11 bits per heavy atom. The highest BCUT2D eigenvalue weighted by Crippen LogP contribution is 2.40. The number of likely N-dealkylation sites (tertiary alicyclic amines) is 1. The number of aromatic hydroxyl groups is 1. The molecular formula is C22H29N3O3. The molecule has 1 saturated heterocycles. The Balaban J connectivity index is 1.38. The van der Waals surface area contributed by atoms with Crippen LogP contribution in [0.2, 0.25) is 0 Å². The number of hydrogen-bond donors (Lipinski definition) is 2. The van der Waals surface area contributed by atoms with Crippen molar-refractivity contribution < 1.29 is 14.6 Å². The molecule has 1 unspecified atom stereocenters. The van der Waals surface area contributed by atoms with E-state index in [0.29, 0.717) is 0 Å². The van der Waals surface area contributed by atoms with Crippen molar-refractivity contribution in [2.75, 3.05) is 45.8 Å². The molecule has 0 spiro atoms. The first-order valence-electron chi connectivity index (χ1n) is 9.94. The summed E-state index contributed by atoms with van der Waals surface area (Å²) in [7, 11) is 3.77. The second-order valence-corrected chi connectivity index (χ2v) is 7.62. The highest BCUT2D eigenvalue weighted by atomic mass is 16.5. The van der Waals surface area contributed by atoms with Crippen molar-refractivity contribution in [3.05, 3.63) is 53.6 Å². The number of piperidine rings is 1. The Hall–Kier alpha value is -2.28. The van der Waals surface area contributed by atoms with Gasteiger partial charge in [0.2, 0.25) is 0 Å². The topological polar surface area (TPSA) is 57.2 Å². The lowest BCUT2D eigenvalue weighted by molar-refractivity contribution is 0.0797. The molecule has 0 aliphatic carbocycles. The minimum absolute atomic E-state index is 0.0696. The van der Waals surface area contributed by atoms with E-state index in [1.54, 1.807) is 13.2 Å². The van der Waals surface area contributed by atoms with E-state index in [2.05, 4.69) is 39.6 Å². The van der Waals surface area contributed by atoms with E-state index in [1.807, 2.05) is 19.2 Å². The van der Waals surface area contributed by atoms with Crippen LogP contribution in [0.3, 0.4) is 0 Å². The van der Waals surface area contributed by atoms with Gasteiger partial charge in [0.1, 0.15) is 17.6 Å². The Morgan fingerprint density at radius 2 is 1.86 bits per heavy atom. The van der Waals surface area contributed by atoms with Crippen LogP contribution in [0.1, 0.15) is 30.0 Å². The summed E-state index contributed by atoms with van der Waals surface area (Å²) in [5.74, 6) is 1.21. The fourth-order valence-electron chi connectivity index (χ4n) is 4.14.